The fourth-order valence-electron chi connectivity index (χ4n) is 1.19. The summed E-state index contributed by atoms with van der Waals surface area (Å²) < 4.78 is 0. The van der Waals surface area contributed by atoms with Gasteiger partial charge in [0.05, 0.1) is 5.69 Å². The SMILES string of the molecule is CCc1c(C)ncnc1C=NC. The minimum absolute atomic E-state index is 0.938. The summed E-state index contributed by atoms with van der Waals surface area (Å²) in [7, 11) is 1.75. The van der Waals surface area contributed by atoms with Gasteiger partial charge in [-0.1, -0.05) is 6.92 Å². The van der Waals surface area contributed by atoms with Crippen LogP contribution in [0.4, 0.5) is 0 Å². The van der Waals surface area contributed by atoms with E-state index in [1.54, 1.807) is 19.6 Å². The molecule has 0 atom stereocenters. The Labute approximate surface area is 72.6 Å². The molecule has 0 aromatic carbocycles. The second-order valence-corrected chi connectivity index (χ2v) is 2.56. The molecule has 12 heavy (non-hydrogen) atoms. The summed E-state index contributed by atoms with van der Waals surface area (Å²) in [5.41, 5.74) is 3.16. The van der Waals surface area contributed by atoms with Crippen LogP contribution >= 0.6 is 0 Å². The van der Waals surface area contributed by atoms with Crippen LogP contribution in [0.3, 0.4) is 0 Å². The maximum absolute atomic E-state index is 4.14. The fraction of sp³-hybridized carbons (Fsp3) is 0.444. The number of nitrogens with zero attached hydrogens (tertiary/aromatic N) is 3. The first-order valence-corrected chi connectivity index (χ1v) is 4.02. The summed E-state index contributed by atoms with van der Waals surface area (Å²) in [6, 6.07) is 0. The third-order valence-corrected chi connectivity index (χ3v) is 1.80. The third-order valence-electron chi connectivity index (χ3n) is 1.80. The Kier molecular flexibility index (Phi) is 2.91. The van der Waals surface area contributed by atoms with E-state index in [1.165, 1.54) is 5.56 Å². The molecule has 0 saturated carbocycles. The first-order valence-electron chi connectivity index (χ1n) is 4.02. The van der Waals surface area contributed by atoms with Crippen LogP contribution in [0.1, 0.15) is 23.9 Å². The smallest absolute Gasteiger partial charge is 0.116 e. The zero-order valence-electron chi connectivity index (χ0n) is 7.70. The molecule has 0 aliphatic carbocycles. The van der Waals surface area contributed by atoms with Crippen LogP contribution in [-0.4, -0.2) is 23.2 Å². The lowest BCUT2D eigenvalue weighted by atomic mass is 10.1. The van der Waals surface area contributed by atoms with E-state index in [0.717, 1.165) is 17.8 Å². The van der Waals surface area contributed by atoms with E-state index in [9.17, 15) is 0 Å². The van der Waals surface area contributed by atoms with Gasteiger partial charge >= 0.3 is 0 Å². The molecule has 0 unspecified atom stereocenters. The standard InChI is InChI=1S/C9H13N3/c1-4-8-7(2)11-6-12-9(8)5-10-3/h5-6H,4H2,1-3H3. The summed E-state index contributed by atoms with van der Waals surface area (Å²) in [6.45, 7) is 4.09. The number of aliphatic imine (C=N–C) groups is 1. The maximum atomic E-state index is 4.14. The molecule has 3 nitrogen and oxygen atoms in total. The van der Waals surface area contributed by atoms with Crippen molar-refractivity contribution in [3.05, 3.63) is 23.3 Å². The van der Waals surface area contributed by atoms with E-state index < -0.39 is 0 Å². The van der Waals surface area contributed by atoms with Crippen molar-refractivity contribution in [2.24, 2.45) is 4.99 Å². The second-order valence-electron chi connectivity index (χ2n) is 2.56. The highest BCUT2D eigenvalue weighted by molar-refractivity contribution is 5.79. The van der Waals surface area contributed by atoms with Crippen molar-refractivity contribution in [2.75, 3.05) is 7.05 Å². The summed E-state index contributed by atoms with van der Waals surface area (Å²) >= 11 is 0. The summed E-state index contributed by atoms with van der Waals surface area (Å²) in [6.07, 6.45) is 4.30. The van der Waals surface area contributed by atoms with E-state index in [1.807, 2.05) is 6.92 Å². The van der Waals surface area contributed by atoms with Crippen LogP contribution < -0.4 is 0 Å². The molecule has 3 heteroatoms. The van der Waals surface area contributed by atoms with Gasteiger partial charge in [-0.2, -0.15) is 0 Å². The molecule has 0 radical (unpaired) electrons. The number of aryl methyl sites for hydroxylation is 1. The Balaban J connectivity index is 3.18. The molecule has 64 valence electrons. The molecule has 0 bridgehead atoms. The lowest BCUT2D eigenvalue weighted by Crippen LogP contribution is -2.00. The minimum atomic E-state index is 0.938. The van der Waals surface area contributed by atoms with E-state index in [4.69, 9.17) is 0 Å². The lowest BCUT2D eigenvalue weighted by molar-refractivity contribution is 0.986. The maximum Gasteiger partial charge on any atom is 0.116 e. The van der Waals surface area contributed by atoms with Gasteiger partial charge in [0.2, 0.25) is 0 Å². The molecule has 0 fully saturated rings. The van der Waals surface area contributed by atoms with Crippen molar-refractivity contribution in [1.82, 2.24) is 9.97 Å². The van der Waals surface area contributed by atoms with Crippen LogP contribution in [0, 0.1) is 6.92 Å². The third kappa shape index (κ3) is 1.67. The highest BCUT2D eigenvalue weighted by Crippen LogP contribution is 2.07. The predicted molar refractivity (Wildman–Crippen MR) is 49.7 cm³/mol. The van der Waals surface area contributed by atoms with Crippen LogP contribution in [0.2, 0.25) is 0 Å². The molecular formula is C9H13N3. The summed E-state index contributed by atoms with van der Waals surface area (Å²) in [5, 5.41) is 0. The largest absolute Gasteiger partial charge is 0.294 e. The van der Waals surface area contributed by atoms with Crippen molar-refractivity contribution in [3.63, 3.8) is 0 Å². The Bertz CT molecular complexity index is 292. The summed E-state index contributed by atoms with van der Waals surface area (Å²) in [4.78, 5) is 12.2. The van der Waals surface area contributed by atoms with Crippen molar-refractivity contribution in [3.8, 4) is 0 Å². The molecular weight excluding hydrogens is 150 g/mol. The van der Waals surface area contributed by atoms with E-state index in [2.05, 4.69) is 21.9 Å². The van der Waals surface area contributed by atoms with E-state index >= 15 is 0 Å². The first kappa shape index (κ1) is 8.84. The average Bonchev–Trinajstić information content (AvgIpc) is 2.05. The Morgan fingerprint density at radius 2 is 2.25 bits per heavy atom. The minimum Gasteiger partial charge on any atom is -0.294 e. The van der Waals surface area contributed by atoms with Gasteiger partial charge in [-0.05, 0) is 13.3 Å². The van der Waals surface area contributed by atoms with Gasteiger partial charge in [-0.15, -0.1) is 0 Å². The molecule has 1 aromatic heterocycles. The van der Waals surface area contributed by atoms with Gasteiger partial charge < -0.3 is 0 Å². The second kappa shape index (κ2) is 3.95. The van der Waals surface area contributed by atoms with E-state index in [0.29, 0.717) is 0 Å². The number of hydrogen-bond donors (Lipinski definition) is 0. The van der Waals surface area contributed by atoms with Gasteiger partial charge in [0.15, 0.2) is 0 Å². The normalized spacial score (nSPS) is 10.9. The fourth-order valence-corrected chi connectivity index (χ4v) is 1.19. The van der Waals surface area contributed by atoms with Gasteiger partial charge in [-0.25, -0.2) is 9.97 Å². The van der Waals surface area contributed by atoms with Gasteiger partial charge in [0, 0.05) is 24.5 Å². The molecule has 1 aromatic rings. The van der Waals surface area contributed by atoms with Crippen LogP contribution in [0.25, 0.3) is 0 Å². The van der Waals surface area contributed by atoms with Crippen molar-refractivity contribution < 1.29 is 0 Å². The van der Waals surface area contributed by atoms with Crippen LogP contribution in [0.15, 0.2) is 11.3 Å². The molecule has 0 saturated heterocycles. The van der Waals surface area contributed by atoms with Crippen molar-refractivity contribution in [1.29, 1.82) is 0 Å². The Morgan fingerprint density at radius 1 is 1.50 bits per heavy atom. The first-order chi connectivity index (χ1) is 5.79. The number of hydrogen-bond acceptors (Lipinski definition) is 3. The summed E-state index contributed by atoms with van der Waals surface area (Å²) in [5.74, 6) is 0. The molecule has 0 amide bonds. The molecule has 0 aliphatic rings. The monoisotopic (exact) mass is 163 g/mol. The molecule has 0 N–H and O–H groups in total. The van der Waals surface area contributed by atoms with Crippen molar-refractivity contribution in [2.45, 2.75) is 20.3 Å². The predicted octanol–water partition coefficient (Wildman–Crippen LogP) is 1.40. The Hall–Kier alpha value is -1.25. The quantitative estimate of drug-likeness (QED) is 0.618. The van der Waals surface area contributed by atoms with Crippen LogP contribution in [0.5, 0.6) is 0 Å². The highest BCUT2D eigenvalue weighted by atomic mass is 14.8. The van der Waals surface area contributed by atoms with Gasteiger partial charge in [0.1, 0.15) is 6.33 Å². The lowest BCUT2D eigenvalue weighted by Gasteiger charge is -2.03. The molecule has 0 spiro atoms. The average molecular weight is 163 g/mol. The van der Waals surface area contributed by atoms with Crippen molar-refractivity contribution >= 4 is 6.21 Å². The molecule has 1 rings (SSSR count). The van der Waals surface area contributed by atoms with Gasteiger partial charge in [-0.3, -0.25) is 4.99 Å². The topological polar surface area (TPSA) is 38.1 Å². The van der Waals surface area contributed by atoms with Crippen LogP contribution in [-0.2, 0) is 6.42 Å². The zero-order chi connectivity index (χ0) is 8.97. The van der Waals surface area contributed by atoms with Gasteiger partial charge in [0.25, 0.3) is 0 Å². The highest BCUT2D eigenvalue weighted by Gasteiger charge is 2.02. The molecule has 1 heterocycles. The molecule has 0 aliphatic heterocycles. The Morgan fingerprint density at radius 3 is 2.83 bits per heavy atom. The van der Waals surface area contributed by atoms with E-state index in [-0.39, 0.29) is 0 Å². The number of aromatic nitrogens is 2. The number of rotatable bonds is 2. The zero-order valence-corrected chi connectivity index (χ0v) is 7.70.